The molecule has 0 atom stereocenters. The van der Waals surface area contributed by atoms with Crippen LogP contribution in [0.4, 0.5) is 4.39 Å². The summed E-state index contributed by atoms with van der Waals surface area (Å²) in [5, 5.41) is 6.56. The number of hydrogen-bond acceptors (Lipinski definition) is 3. The fourth-order valence-corrected chi connectivity index (χ4v) is 2.84. The Morgan fingerprint density at radius 2 is 1.86 bits per heavy atom. The normalized spacial score (nSPS) is 10.8. The maximum Gasteiger partial charge on any atom is 0.191 e. The van der Waals surface area contributed by atoms with Crippen LogP contribution in [0.15, 0.2) is 41.4 Å². The van der Waals surface area contributed by atoms with Crippen molar-refractivity contribution in [3.05, 3.63) is 58.9 Å². The van der Waals surface area contributed by atoms with Crippen molar-refractivity contribution in [3.8, 4) is 11.5 Å². The average molecular weight is 501 g/mol. The lowest BCUT2D eigenvalue weighted by Gasteiger charge is -2.14. The van der Waals surface area contributed by atoms with E-state index in [0.29, 0.717) is 24.6 Å². The van der Waals surface area contributed by atoms with E-state index in [9.17, 15) is 4.39 Å². The summed E-state index contributed by atoms with van der Waals surface area (Å²) in [6.07, 6.45) is 0.791. The van der Waals surface area contributed by atoms with Crippen LogP contribution in [0.3, 0.4) is 0 Å². The molecule has 2 aromatic carbocycles. The van der Waals surface area contributed by atoms with E-state index in [0.717, 1.165) is 35.6 Å². The molecule has 0 unspecified atom stereocenters. The zero-order valence-corrected chi connectivity index (χ0v) is 19.2. The summed E-state index contributed by atoms with van der Waals surface area (Å²) < 4.78 is 24.0. The van der Waals surface area contributed by atoms with Gasteiger partial charge in [-0.2, -0.15) is 0 Å². The predicted octanol–water partition coefficient (Wildman–Crippen LogP) is 4.07. The van der Waals surface area contributed by atoms with Gasteiger partial charge in [0.2, 0.25) is 0 Å². The maximum absolute atomic E-state index is 13.2. The van der Waals surface area contributed by atoms with Crippen molar-refractivity contribution in [1.82, 2.24) is 10.6 Å². The summed E-state index contributed by atoms with van der Waals surface area (Å²) in [6.45, 7) is 5.87. The molecule has 0 aliphatic carbocycles. The highest BCUT2D eigenvalue weighted by molar-refractivity contribution is 14.0. The average Bonchev–Trinajstić information content (AvgIpc) is 2.67. The number of ether oxygens (including phenoxy) is 2. The highest BCUT2D eigenvalue weighted by Gasteiger charge is 2.09. The van der Waals surface area contributed by atoms with Gasteiger partial charge in [0.25, 0.3) is 0 Å². The molecule has 0 heterocycles. The minimum absolute atomic E-state index is 0. The molecule has 0 aliphatic rings. The summed E-state index contributed by atoms with van der Waals surface area (Å²) in [4.78, 5) is 4.63. The van der Waals surface area contributed by atoms with Gasteiger partial charge < -0.3 is 20.1 Å². The van der Waals surface area contributed by atoms with Crippen molar-refractivity contribution < 1.29 is 13.9 Å². The van der Waals surface area contributed by atoms with Crippen LogP contribution in [0.2, 0.25) is 0 Å². The van der Waals surface area contributed by atoms with Crippen LogP contribution in [-0.2, 0) is 13.0 Å². The topological polar surface area (TPSA) is 54.9 Å². The van der Waals surface area contributed by atoms with Crippen molar-refractivity contribution in [2.45, 2.75) is 26.8 Å². The van der Waals surface area contributed by atoms with E-state index in [1.165, 1.54) is 6.07 Å². The molecule has 2 aromatic rings. The minimum Gasteiger partial charge on any atom is -0.493 e. The van der Waals surface area contributed by atoms with Crippen LogP contribution in [0.25, 0.3) is 0 Å². The van der Waals surface area contributed by atoms with Gasteiger partial charge in [-0.25, -0.2) is 9.38 Å². The van der Waals surface area contributed by atoms with Gasteiger partial charge in [0, 0.05) is 18.7 Å². The maximum atomic E-state index is 13.2. The third-order valence-corrected chi connectivity index (χ3v) is 4.23. The lowest BCUT2D eigenvalue weighted by atomic mass is 10.1. The number of aliphatic imine (C=N–C) groups is 1. The summed E-state index contributed by atoms with van der Waals surface area (Å²) in [7, 11) is 3.24. The summed E-state index contributed by atoms with van der Waals surface area (Å²) in [5.74, 6) is 1.91. The molecule has 0 saturated heterocycles. The van der Waals surface area contributed by atoms with Gasteiger partial charge in [-0.15, -0.1) is 24.0 Å². The summed E-state index contributed by atoms with van der Waals surface area (Å²) >= 11 is 0. The van der Waals surface area contributed by atoms with Crippen molar-refractivity contribution in [2.75, 3.05) is 27.3 Å². The number of nitrogens with zero attached hydrogens (tertiary/aromatic N) is 1. The molecule has 2 rings (SSSR count). The quantitative estimate of drug-likeness (QED) is 0.326. The van der Waals surface area contributed by atoms with Crippen LogP contribution in [0, 0.1) is 12.7 Å². The number of guanidine groups is 1. The van der Waals surface area contributed by atoms with E-state index in [1.54, 1.807) is 20.3 Å². The molecule has 0 fully saturated rings. The van der Waals surface area contributed by atoms with Gasteiger partial charge in [0.15, 0.2) is 17.5 Å². The third kappa shape index (κ3) is 6.85. The molecular weight excluding hydrogens is 472 g/mol. The molecular formula is C21H29FIN3O2. The van der Waals surface area contributed by atoms with Gasteiger partial charge >= 0.3 is 0 Å². The zero-order chi connectivity index (χ0) is 19.6. The number of hydrogen-bond donors (Lipinski definition) is 2. The van der Waals surface area contributed by atoms with E-state index < -0.39 is 0 Å². The lowest BCUT2D eigenvalue weighted by molar-refractivity contribution is 0.352. The first-order chi connectivity index (χ1) is 13.1. The van der Waals surface area contributed by atoms with Crippen molar-refractivity contribution in [2.24, 2.45) is 4.99 Å². The van der Waals surface area contributed by atoms with E-state index >= 15 is 0 Å². The number of nitrogens with one attached hydrogen (secondary N) is 2. The molecule has 0 saturated carbocycles. The first-order valence-corrected chi connectivity index (χ1v) is 9.06. The Bertz CT molecular complexity index is 784. The first-order valence-electron chi connectivity index (χ1n) is 9.06. The Morgan fingerprint density at radius 1 is 1.07 bits per heavy atom. The third-order valence-electron chi connectivity index (χ3n) is 4.23. The highest BCUT2D eigenvalue weighted by atomic mass is 127. The second-order valence-corrected chi connectivity index (χ2v) is 6.10. The van der Waals surface area contributed by atoms with Gasteiger partial charge in [0.1, 0.15) is 5.82 Å². The Hall–Kier alpha value is -2.03. The van der Waals surface area contributed by atoms with Crippen LogP contribution in [0.1, 0.15) is 23.6 Å². The summed E-state index contributed by atoms with van der Waals surface area (Å²) in [5.41, 5.74) is 3.03. The smallest absolute Gasteiger partial charge is 0.191 e. The SMILES string of the molecule is CCNC(=NCc1cccc(OC)c1OC)NCCc1ccc(F)cc1C.I. The number of halogens is 2. The molecule has 0 spiro atoms. The molecule has 0 radical (unpaired) electrons. The molecule has 5 nitrogen and oxygen atoms in total. The standard InChI is InChI=1S/C21H28FN3O2.HI/c1-5-23-21(24-12-11-16-9-10-18(22)13-15(16)2)25-14-17-7-6-8-19(26-3)20(17)27-4;/h6-10,13H,5,11-12,14H2,1-4H3,(H2,23,24,25);1H. The Morgan fingerprint density at radius 3 is 2.50 bits per heavy atom. The lowest BCUT2D eigenvalue weighted by Crippen LogP contribution is -2.38. The first kappa shape index (κ1) is 24.0. The second-order valence-electron chi connectivity index (χ2n) is 6.10. The van der Waals surface area contributed by atoms with Gasteiger partial charge in [-0.3, -0.25) is 0 Å². The van der Waals surface area contributed by atoms with Crippen molar-refractivity contribution in [3.63, 3.8) is 0 Å². The fourth-order valence-electron chi connectivity index (χ4n) is 2.84. The van der Waals surface area contributed by atoms with Crippen LogP contribution in [0.5, 0.6) is 11.5 Å². The largest absolute Gasteiger partial charge is 0.493 e. The molecule has 7 heteroatoms. The molecule has 0 bridgehead atoms. The molecule has 154 valence electrons. The molecule has 2 N–H and O–H groups in total. The second kappa shape index (κ2) is 12.4. The van der Waals surface area contributed by atoms with Gasteiger partial charge in [-0.1, -0.05) is 18.2 Å². The zero-order valence-electron chi connectivity index (χ0n) is 16.8. The number of benzene rings is 2. The number of aryl methyl sites for hydroxylation is 1. The van der Waals surface area contributed by atoms with E-state index in [1.807, 2.05) is 38.1 Å². The minimum atomic E-state index is -0.202. The number of para-hydroxylation sites is 1. The predicted molar refractivity (Wildman–Crippen MR) is 123 cm³/mol. The number of methoxy groups -OCH3 is 2. The van der Waals surface area contributed by atoms with Gasteiger partial charge in [-0.05, 0) is 49.6 Å². The van der Waals surface area contributed by atoms with Crippen LogP contribution < -0.4 is 20.1 Å². The monoisotopic (exact) mass is 501 g/mol. The van der Waals surface area contributed by atoms with E-state index in [-0.39, 0.29) is 29.8 Å². The van der Waals surface area contributed by atoms with E-state index in [4.69, 9.17) is 9.47 Å². The number of rotatable bonds is 8. The molecule has 28 heavy (non-hydrogen) atoms. The Balaban J connectivity index is 0.00000392. The molecule has 0 amide bonds. The molecule has 0 aliphatic heterocycles. The van der Waals surface area contributed by atoms with Crippen LogP contribution in [-0.4, -0.2) is 33.3 Å². The Labute approximate surface area is 183 Å². The summed E-state index contributed by atoms with van der Waals surface area (Å²) in [6, 6.07) is 10.6. The van der Waals surface area contributed by atoms with Crippen molar-refractivity contribution in [1.29, 1.82) is 0 Å². The molecule has 0 aromatic heterocycles. The van der Waals surface area contributed by atoms with Crippen molar-refractivity contribution >= 4 is 29.9 Å². The highest BCUT2D eigenvalue weighted by Crippen LogP contribution is 2.31. The van der Waals surface area contributed by atoms with E-state index in [2.05, 4.69) is 15.6 Å². The van der Waals surface area contributed by atoms with Crippen LogP contribution >= 0.6 is 24.0 Å². The van der Waals surface area contributed by atoms with Gasteiger partial charge in [0.05, 0.1) is 20.8 Å². The fraction of sp³-hybridized carbons (Fsp3) is 0.381. The Kier molecular flexibility index (Phi) is 10.7.